The maximum absolute atomic E-state index is 9.73. The third kappa shape index (κ3) is 3.34. The molecule has 0 aliphatic carbocycles. The van der Waals surface area contributed by atoms with Crippen molar-refractivity contribution in [2.24, 2.45) is 0 Å². The van der Waals surface area contributed by atoms with Crippen LogP contribution in [-0.2, 0) is 6.42 Å². The van der Waals surface area contributed by atoms with Crippen LogP contribution in [0.25, 0.3) is 5.70 Å². The Hall–Kier alpha value is -2.19. The summed E-state index contributed by atoms with van der Waals surface area (Å²) in [5.41, 5.74) is 4.02. The van der Waals surface area contributed by atoms with Crippen molar-refractivity contribution in [3.8, 4) is 17.6 Å². The highest BCUT2D eigenvalue weighted by atomic mass is 16.5. The van der Waals surface area contributed by atoms with Crippen LogP contribution < -0.4 is 14.8 Å². The van der Waals surface area contributed by atoms with Crippen LogP contribution in [0.5, 0.6) is 11.5 Å². The molecule has 0 unspecified atom stereocenters. The predicted octanol–water partition coefficient (Wildman–Crippen LogP) is 2.57. The number of nitrogens with one attached hydrogen (secondary N) is 1. The summed E-state index contributed by atoms with van der Waals surface area (Å²) >= 11 is 0. The van der Waals surface area contributed by atoms with E-state index in [0.717, 1.165) is 48.6 Å². The summed E-state index contributed by atoms with van der Waals surface area (Å²) in [6.07, 6.45) is 4.67. The summed E-state index contributed by atoms with van der Waals surface area (Å²) in [5.74, 6) is 1.44. The van der Waals surface area contributed by atoms with Crippen molar-refractivity contribution in [1.82, 2.24) is 10.2 Å². The van der Waals surface area contributed by atoms with Crippen molar-refractivity contribution in [1.29, 1.82) is 5.26 Å². The Balaban J connectivity index is 1.98. The lowest BCUT2D eigenvalue weighted by Crippen LogP contribution is -2.33. The van der Waals surface area contributed by atoms with Gasteiger partial charge in [0.2, 0.25) is 0 Å². The smallest absolute Gasteiger partial charge is 0.161 e. The monoisotopic (exact) mass is 327 g/mol. The van der Waals surface area contributed by atoms with Crippen LogP contribution in [0, 0.1) is 11.3 Å². The fraction of sp³-hybridized carbons (Fsp3) is 0.526. The number of benzene rings is 1. The van der Waals surface area contributed by atoms with Crippen LogP contribution >= 0.6 is 0 Å². The topological polar surface area (TPSA) is 57.5 Å². The van der Waals surface area contributed by atoms with Crippen molar-refractivity contribution < 1.29 is 9.47 Å². The second-order valence-corrected chi connectivity index (χ2v) is 6.34. The highest BCUT2D eigenvalue weighted by Gasteiger charge is 2.22. The number of fused-ring (bicyclic) bond motifs is 1. The van der Waals surface area contributed by atoms with Crippen molar-refractivity contribution in [3.63, 3.8) is 0 Å². The van der Waals surface area contributed by atoms with E-state index in [1.165, 1.54) is 24.8 Å². The molecule has 1 aromatic carbocycles. The lowest BCUT2D eigenvalue weighted by atomic mass is 9.94. The lowest BCUT2D eigenvalue weighted by molar-refractivity contribution is 0.248. The fourth-order valence-corrected chi connectivity index (χ4v) is 3.56. The highest BCUT2D eigenvalue weighted by molar-refractivity contribution is 5.76. The molecule has 24 heavy (non-hydrogen) atoms. The second kappa shape index (κ2) is 7.59. The molecule has 1 fully saturated rings. The number of ether oxygens (including phenoxy) is 2. The Morgan fingerprint density at radius 1 is 1.17 bits per heavy atom. The molecule has 0 bridgehead atoms. The number of nitriles is 1. The van der Waals surface area contributed by atoms with Gasteiger partial charge in [0.1, 0.15) is 0 Å². The number of likely N-dealkylation sites (tertiary alicyclic amines) is 1. The van der Waals surface area contributed by atoms with Crippen LogP contribution in [0.3, 0.4) is 0 Å². The van der Waals surface area contributed by atoms with Crippen LogP contribution in [0.15, 0.2) is 17.7 Å². The molecule has 0 spiro atoms. The summed E-state index contributed by atoms with van der Waals surface area (Å²) in [6.45, 7) is 3.71. The van der Waals surface area contributed by atoms with E-state index in [9.17, 15) is 5.26 Å². The molecule has 0 aromatic heterocycles. The summed E-state index contributed by atoms with van der Waals surface area (Å²) in [4.78, 5) is 2.38. The molecule has 2 aliphatic heterocycles. The SMILES string of the molecule is COc1cc2c(cc1OC)/C(=C(\C#N)CN1CCCCC1)NCC2. The molecule has 2 heterocycles. The van der Waals surface area contributed by atoms with Gasteiger partial charge in [0.25, 0.3) is 0 Å². The van der Waals surface area contributed by atoms with Gasteiger partial charge in [-0.1, -0.05) is 6.42 Å². The van der Waals surface area contributed by atoms with Gasteiger partial charge in [-0.15, -0.1) is 0 Å². The summed E-state index contributed by atoms with van der Waals surface area (Å²) in [6, 6.07) is 6.45. The van der Waals surface area contributed by atoms with Gasteiger partial charge in [-0.2, -0.15) is 5.26 Å². The van der Waals surface area contributed by atoms with E-state index in [4.69, 9.17) is 9.47 Å². The Morgan fingerprint density at radius 3 is 2.54 bits per heavy atom. The van der Waals surface area contributed by atoms with Crippen molar-refractivity contribution in [2.45, 2.75) is 25.7 Å². The zero-order valence-corrected chi connectivity index (χ0v) is 14.5. The van der Waals surface area contributed by atoms with Gasteiger partial charge in [-0.05, 0) is 50.0 Å². The zero-order chi connectivity index (χ0) is 16.9. The molecular formula is C19H25N3O2. The quantitative estimate of drug-likeness (QED) is 0.862. The summed E-state index contributed by atoms with van der Waals surface area (Å²) in [7, 11) is 3.29. The van der Waals surface area contributed by atoms with E-state index >= 15 is 0 Å². The molecule has 0 radical (unpaired) electrons. The van der Waals surface area contributed by atoms with E-state index in [2.05, 4.69) is 16.3 Å². The fourth-order valence-electron chi connectivity index (χ4n) is 3.56. The maximum Gasteiger partial charge on any atom is 0.161 e. The van der Waals surface area contributed by atoms with Gasteiger partial charge in [-0.3, -0.25) is 4.90 Å². The van der Waals surface area contributed by atoms with Gasteiger partial charge in [-0.25, -0.2) is 0 Å². The maximum atomic E-state index is 9.73. The van der Waals surface area contributed by atoms with E-state index < -0.39 is 0 Å². The molecule has 1 N–H and O–H groups in total. The minimum atomic E-state index is 0.702. The Bertz CT molecular complexity index is 670. The average molecular weight is 327 g/mol. The Labute approximate surface area is 143 Å². The van der Waals surface area contributed by atoms with Crippen LogP contribution in [0.1, 0.15) is 30.4 Å². The third-order valence-corrected chi connectivity index (χ3v) is 4.84. The number of hydrogen-bond acceptors (Lipinski definition) is 5. The molecule has 3 rings (SSSR count). The largest absolute Gasteiger partial charge is 0.493 e. The normalized spacial score (nSPS) is 19.7. The Morgan fingerprint density at radius 2 is 1.88 bits per heavy atom. The molecule has 1 aromatic rings. The molecule has 2 aliphatic rings. The minimum absolute atomic E-state index is 0.702. The third-order valence-electron chi connectivity index (χ3n) is 4.84. The number of piperidine rings is 1. The zero-order valence-electron chi connectivity index (χ0n) is 14.5. The van der Waals surface area contributed by atoms with E-state index in [0.29, 0.717) is 12.3 Å². The predicted molar refractivity (Wildman–Crippen MR) is 94.1 cm³/mol. The first-order valence-corrected chi connectivity index (χ1v) is 8.61. The average Bonchev–Trinajstić information content (AvgIpc) is 2.65. The van der Waals surface area contributed by atoms with Gasteiger partial charge in [0.15, 0.2) is 11.5 Å². The van der Waals surface area contributed by atoms with Crippen molar-refractivity contribution >= 4 is 5.70 Å². The van der Waals surface area contributed by atoms with Gasteiger partial charge < -0.3 is 14.8 Å². The molecule has 5 nitrogen and oxygen atoms in total. The minimum Gasteiger partial charge on any atom is -0.493 e. The lowest BCUT2D eigenvalue weighted by Gasteiger charge is -2.29. The first-order chi connectivity index (χ1) is 11.8. The number of rotatable bonds is 4. The van der Waals surface area contributed by atoms with E-state index in [1.54, 1.807) is 14.2 Å². The molecule has 0 atom stereocenters. The summed E-state index contributed by atoms with van der Waals surface area (Å²) < 4.78 is 10.9. The first kappa shape index (κ1) is 16.7. The molecular weight excluding hydrogens is 302 g/mol. The van der Waals surface area contributed by atoms with Gasteiger partial charge in [0.05, 0.1) is 31.6 Å². The van der Waals surface area contributed by atoms with Gasteiger partial charge in [0, 0.05) is 18.7 Å². The van der Waals surface area contributed by atoms with Crippen molar-refractivity contribution in [3.05, 3.63) is 28.8 Å². The van der Waals surface area contributed by atoms with E-state index in [-0.39, 0.29) is 0 Å². The Kier molecular flexibility index (Phi) is 5.27. The molecule has 5 heteroatoms. The number of hydrogen-bond donors (Lipinski definition) is 1. The standard InChI is InChI=1S/C19H25N3O2/c1-23-17-10-14-6-7-21-19(16(14)11-18(17)24-2)15(12-20)13-22-8-4-3-5-9-22/h10-11,21H,3-9,13H2,1-2H3/b19-15-. The van der Waals surface area contributed by atoms with Crippen LogP contribution in [0.2, 0.25) is 0 Å². The molecule has 0 saturated carbocycles. The number of methoxy groups -OCH3 is 2. The first-order valence-electron chi connectivity index (χ1n) is 8.61. The molecule has 0 amide bonds. The van der Waals surface area contributed by atoms with E-state index in [1.807, 2.05) is 12.1 Å². The van der Waals surface area contributed by atoms with Crippen LogP contribution in [0.4, 0.5) is 0 Å². The van der Waals surface area contributed by atoms with Crippen LogP contribution in [-0.4, -0.2) is 45.3 Å². The number of nitrogens with zero attached hydrogens (tertiary/aromatic N) is 2. The molecule has 1 saturated heterocycles. The van der Waals surface area contributed by atoms with Gasteiger partial charge >= 0.3 is 0 Å². The highest BCUT2D eigenvalue weighted by Crippen LogP contribution is 2.35. The van der Waals surface area contributed by atoms with Crippen molar-refractivity contribution in [2.75, 3.05) is 40.4 Å². The summed E-state index contributed by atoms with van der Waals surface area (Å²) in [5, 5.41) is 13.2. The molecule has 128 valence electrons. The second-order valence-electron chi connectivity index (χ2n) is 6.34.